The molecule has 0 saturated carbocycles. The van der Waals surface area contributed by atoms with Crippen LogP contribution in [0.1, 0.15) is 41.5 Å². The molecular formula is C22H22N2O8. The lowest BCUT2D eigenvalue weighted by Crippen LogP contribution is -2.76. The summed E-state index contributed by atoms with van der Waals surface area (Å²) in [5.74, 6) is -3.32. The van der Waals surface area contributed by atoms with Gasteiger partial charge in [-0.2, -0.15) is 0 Å². The number of benzene rings is 1. The van der Waals surface area contributed by atoms with Gasteiger partial charge < -0.3 is 35.8 Å². The Kier molecular flexibility index (Phi) is 4.92. The Morgan fingerprint density at radius 1 is 1.19 bits per heavy atom. The average Bonchev–Trinajstić information content (AvgIpc) is 3.08. The van der Waals surface area contributed by atoms with Crippen LogP contribution in [0, 0.1) is 5.92 Å². The maximum absolute atomic E-state index is 13.3. The number of fused-ring (bicyclic) bond motifs is 2. The third-order valence-corrected chi connectivity index (χ3v) is 6.28. The van der Waals surface area contributed by atoms with Crippen molar-refractivity contribution >= 4 is 17.5 Å². The molecule has 32 heavy (non-hydrogen) atoms. The molecular weight excluding hydrogens is 420 g/mol. The van der Waals surface area contributed by atoms with Gasteiger partial charge in [-0.05, 0) is 13.0 Å². The minimum Gasteiger partial charge on any atom is -0.508 e. The topological polar surface area (TPSA) is 178 Å². The molecule has 0 fully saturated rings. The van der Waals surface area contributed by atoms with Gasteiger partial charge >= 0.3 is 5.97 Å². The molecule has 5 atom stereocenters. The largest absolute Gasteiger partial charge is 0.508 e. The summed E-state index contributed by atoms with van der Waals surface area (Å²) < 4.78 is 5.44. The molecule has 0 saturated heterocycles. The Morgan fingerprint density at radius 2 is 1.84 bits per heavy atom. The maximum atomic E-state index is 13.3. The van der Waals surface area contributed by atoms with Gasteiger partial charge in [0.25, 0.3) is 0 Å². The maximum Gasteiger partial charge on any atom is 0.309 e. The van der Waals surface area contributed by atoms with E-state index < -0.39 is 59.2 Å². The minimum absolute atomic E-state index is 0.117. The molecule has 4 rings (SSSR count). The monoisotopic (exact) mass is 442 g/mol. The van der Waals surface area contributed by atoms with E-state index in [1.807, 2.05) is 5.11 Å². The van der Waals surface area contributed by atoms with Crippen LogP contribution in [0.25, 0.3) is 5.53 Å². The number of nitrogens with zero attached hydrogens (tertiary/aromatic N) is 1. The SMILES string of the molecule is CC(C)C(=O)O[C@@H]1C2=C(C3=C(C(=O)c4c(O)cccc4C3=O)C2[NH+]=[N-])[C@H](O)[C@@H](O)[C@]1(C)O. The van der Waals surface area contributed by atoms with Gasteiger partial charge in [-0.3, -0.25) is 14.4 Å². The summed E-state index contributed by atoms with van der Waals surface area (Å²) in [5, 5.41) is 44.6. The van der Waals surface area contributed by atoms with Gasteiger partial charge in [0, 0.05) is 16.7 Å². The van der Waals surface area contributed by atoms with Crippen molar-refractivity contribution < 1.29 is 44.7 Å². The Bertz CT molecular complexity index is 1150. The molecule has 0 amide bonds. The predicted molar refractivity (Wildman–Crippen MR) is 106 cm³/mol. The summed E-state index contributed by atoms with van der Waals surface area (Å²) in [6.45, 7) is 4.23. The van der Waals surface area contributed by atoms with Crippen molar-refractivity contribution in [1.82, 2.24) is 0 Å². The first kappa shape index (κ1) is 22.0. The highest BCUT2D eigenvalue weighted by atomic mass is 16.6. The number of Topliss-reactive ketones (excluding diaryl/α,β-unsaturated/α-hetero) is 2. The lowest BCUT2D eigenvalue weighted by Gasteiger charge is -2.44. The summed E-state index contributed by atoms with van der Waals surface area (Å²) in [6, 6.07) is 2.50. The van der Waals surface area contributed by atoms with Crippen LogP contribution in [0.15, 0.2) is 40.5 Å². The molecule has 3 aliphatic rings. The third-order valence-electron chi connectivity index (χ3n) is 6.28. The van der Waals surface area contributed by atoms with Crippen LogP contribution in [0.5, 0.6) is 5.75 Å². The third kappa shape index (κ3) is 2.73. The van der Waals surface area contributed by atoms with Crippen molar-refractivity contribution in [2.45, 2.75) is 50.7 Å². The molecule has 0 aromatic heterocycles. The van der Waals surface area contributed by atoms with Gasteiger partial charge in [-0.15, -0.1) is 0 Å². The number of aromatic hydroxyl groups is 1. The molecule has 0 radical (unpaired) electrons. The first-order valence-electron chi connectivity index (χ1n) is 10.0. The Balaban J connectivity index is 1.97. The van der Waals surface area contributed by atoms with Gasteiger partial charge in [-0.1, -0.05) is 26.0 Å². The molecule has 1 aromatic rings. The standard InChI is InChI=1S/C22H22N2O8/c1-7(2)21(30)32-20-14-12(18(28)19(29)22(20,3)31)11-13(15(14)24-23)17(27)10-8(16(11)26)5-4-6-9(10)25/h4-7,15,18-20,24-25,28-29,31H,1-3H3/t15?,18-,19+,20+,22-/m0/s1. The fourth-order valence-corrected chi connectivity index (χ4v) is 4.60. The van der Waals surface area contributed by atoms with Gasteiger partial charge in [0.1, 0.15) is 23.6 Å². The number of rotatable bonds is 3. The van der Waals surface area contributed by atoms with Crippen molar-refractivity contribution in [2.75, 3.05) is 0 Å². The highest BCUT2D eigenvalue weighted by molar-refractivity contribution is 6.31. The number of ether oxygens (including phenoxy) is 1. The van der Waals surface area contributed by atoms with E-state index in [2.05, 4.69) is 0 Å². The van der Waals surface area contributed by atoms with E-state index in [9.17, 15) is 40.3 Å². The van der Waals surface area contributed by atoms with E-state index in [1.54, 1.807) is 13.8 Å². The van der Waals surface area contributed by atoms with Crippen molar-refractivity contribution in [2.24, 2.45) is 5.92 Å². The number of carbonyl (C=O) groups is 3. The van der Waals surface area contributed by atoms with Gasteiger partial charge in [-0.25, -0.2) is 0 Å². The minimum atomic E-state index is -2.21. The molecule has 1 aromatic carbocycles. The molecule has 0 bridgehead atoms. The Labute approximate surface area is 182 Å². The van der Waals surface area contributed by atoms with Crippen molar-refractivity contribution in [3.63, 3.8) is 0 Å². The molecule has 0 spiro atoms. The highest BCUT2D eigenvalue weighted by Crippen LogP contribution is 2.49. The van der Waals surface area contributed by atoms with Crippen molar-refractivity contribution in [1.29, 1.82) is 0 Å². The van der Waals surface area contributed by atoms with E-state index in [-0.39, 0.29) is 33.4 Å². The lowest BCUT2D eigenvalue weighted by atomic mass is 9.73. The number of esters is 1. The van der Waals surface area contributed by atoms with Crippen LogP contribution in [0.3, 0.4) is 0 Å². The number of aliphatic hydroxyl groups excluding tert-OH is 2. The highest BCUT2D eigenvalue weighted by Gasteiger charge is 2.61. The molecule has 5 N–H and O–H groups in total. The quantitative estimate of drug-likeness (QED) is 0.289. The summed E-state index contributed by atoms with van der Waals surface area (Å²) in [4.78, 5) is 39.0. The zero-order valence-corrected chi connectivity index (χ0v) is 17.5. The number of phenols is 1. The van der Waals surface area contributed by atoms with E-state index in [4.69, 9.17) is 4.74 Å². The average molecular weight is 442 g/mol. The van der Waals surface area contributed by atoms with E-state index in [0.717, 1.165) is 6.92 Å². The molecule has 10 heteroatoms. The second kappa shape index (κ2) is 7.16. The van der Waals surface area contributed by atoms with Gasteiger partial charge in [0.15, 0.2) is 17.9 Å². The fourth-order valence-electron chi connectivity index (χ4n) is 4.60. The summed E-state index contributed by atoms with van der Waals surface area (Å²) in [7, 11) is 0. The first-order valence-corrected chi connectivity index (χ1v) is 10.0. The molecule has 0 heterocycles. The second-order valence-electron chi connectivity index (χ2n) is 8.66. The summed E-state index contributed by atoms with van der Waals surface area (Å²) in [6.07, 6.45) is -5.31. The van der Waals surface area contributed by atoms with E-state index >= 15 is 0 Å². The van der Waals surface area contributed by atoms with Crippen LogP contribution >= 0.6 is 0 Å². The van der Waals surface area contributed by atoms with E-state index in [0.29, 0.717) is 0 Å². The molecule has 168 valence electrons. The van der Waals surface area contributed by atoms with Crippen molar-refractivity contribution in [3.8, 4) is 5.75 Å². The smallest absolute Gasteiger partial charge is 0.309 e. The molecule has 0 aliphatic heterocycles. The van der Waals surface area contributed by atoms with E-state index in [1.165, 1.54) is 18.2 Å². The number of hydrogen-bond donors (Lipinski definition) is 5. The van der Waals surface area contributed by atoms with Crippen molar-refractivity contribution in [3.05, 3.63) is 57.1 Å². The zero-order chi connectivity index (χ0) is 23.7. The first-order chi connectivity index (χ1) is 14.9. The Hall–Kier alpha value is -3.21. The summed E-state index contributed by atoms with van der Waals surface area (Å²) >= 11 is 0. The number of carbonyl (C=O) groups excluding carboxylic acids is 3. The fraction of sp³-hybridized carbons (Fsp3) is 0.409. The van der Waals surface area contributed by atoms with Crippen LogP contribution in [0.2, 0.25) is 0 Å². The lowest BCUT2D eigenvalue weighted by molar-refractivity contribution is -0.504. The summed E-state index contributed by atoms with van der Waals surface area (Å²) in [5.41, 5.74) is 6.44. The van der Waals surface area contributed by atoms with Crippen LogP contribution in [0.4, 0.5) is 0 Å². The number of aliphatic hydroxyl groups is 3. The molecule has 3 aliphatic carbocycles. The second-order valence-corrected chi connectivity index (χ2v) is 8.66. The molecule has 1 unspecified atom stereocenters. The van der Waals surface area contributed by atoms with Crippen LogP contribution in [-0.4, -0.2) is 67.9 Å². The van der Waals surface area contributed by atoms with Gasteiger partial charge in [0.05, 0.1) is 22.6 Å². The molecule has 10 nitrogen and oxygen atoms in total. The van der Waals surface area contributed by atoms with Crippen LogP contribution < -0.4 is 5.11 Å². The normalized spacial score (nSPS) is 31.5. The predicted octanol–water partition coefficient (Wildman–Crippen LogP) is -1.10. The number of hydrogen-bond acceptors (Lipinski definition) is 8. The Morgan fingerprint density at radius 3 is 2.44 bits per heavy atom. The number of ketones is 2. The van der Waals surface area contributed by atoms with Gasteiger partial charge in [0.2, 0.25) is 5.78 Å². The zero-order valence-electron chi connectivity index (χ0n) is 17.5. The number of phenolic OH excluding ortho intramolecular Hbond substituents is 1. The van der Waals surface area contributed by atoms with Crippen LogP contribution in [-0.2, 0) is 9.53 Å². The number of nitrogens with one attached hydrogen (secondary N) is 1.